The molecule has 0 heterocycles. The van der Waals surface area contributed by atoms with Gasteiger partial charge >= 0.3 is 41.8 Å². The number of halogens is 13. The number of carboxylic acid groups (broad SMARTS) is 1. The number of rotatable bonds is 8. The monoisotopic (exact) mass is 420 g/mol. The highest BCUT2D eigenvalue weighted by atomic mass is 19.4. The van der Waals surface area contributed by atoms with Crippen LogP contribution in [-0.2, 0) is 4.79 Å². The molecule has 0 aliphatic rings. The Hall–Kier alpha value is -1.44. The number of aliphatic carboxylic acids is 1. The molecule has 26 heavy (non-hydrogen) atoms. The van der Waals surface area contributed by atoms with Gasteiger partial charge in [0.25, 0.3) is 0 Å². The topological polar surface area (TPSA) is 37.3 Å². The van der Waals surface area contributed by atoms with Crippen molar-refractivity contribution < 1.29 is 67.0 Å². The third kappa shape index (κ3) is 3.94. The summed E-state index contributed by atoms with van der Waals surface area (Å²) in [7, 11) is 0. The highest BCUT2D eigenvalue weighted by Crippen LogP contribution is 2.59. The summed E-state index contributed by atoms with van der Waals surface area (Å²) in [5.41, 5.74) is 0. The predicted molar refractivity (Wildman–Crippen MR) is 56.8 cm³/mol. The molecule has 0 fully saturated rings. The molecule has 15 heteroatoms. The lowest BCUT2D eigenvalue weighted by molar-refractivity contribution is -0.407. The maximum absolute atomic E-state index is 13.3. The zero-order chi connectivity index (χ0) is 21.6. The van der Waals surface area contributed by atoms with Crippen LogP contribution < -0.4 is 0 Å². The van der Waals surface area contributed by atoms with E-state index in [1.54, 1.807) is 0 Å². The van der Waals surface area contributed by atoms with Gasteiger partial charge < -0.3 is 5.11 Å². The van der Waals surface area contributed by atoms with E-state index in [1.807, 2.05) is 0 Å². The number of hydrogen-bond donors (Lipinski definition) is 1. The van der Waals surface area contributed by atoms with Crippen LogP contribution in [0.5, 0.6) is 0 Å². The molecule has 0 rings (SSSR count). The molecule has 1 N–H and O–H groups in total. The average Bonchev–Trinajstić information content (AvgIpc) is 2.42. The lowest BCUT2D eigenvalue weighted by Crippen LogP contribution is -2.68. The van der Waals surface area contributed by atoms with Crippen LogP contribution in [0.25, 0.3) is 0 Å². The van der Waals surface area contributed by atoms with Gasteiger partial charge in [-0.15, -0.1) is 0 Å². The molecule has 0 aliphatic heterocycles. The van der Waals surface area contributed by atoms with Crippen LogP contribution in [0, 0.1) is 5.92 Å². The van der Waals surface area contributed by atoms with Gasteiger partial charge in [0.15, 0.2) is 0 Å². The molecule has 0 bridgehead atoms. The first-order valence-electron chi connectivity index (χ1n) is 6.25. The van der Waals surface area contributed by atoms with Crippen molar-refractivity contribution in [3.8, 4) is 0 Å². The first-order chi connectivity index (χ1) is 11.1. The van der Waals surface area contributed by atoms with Crippen LogP contribution in [0.2, 0.25) is 0 Å². The minimum Gasteiger partial charge on any atom is -0.481 e. The second-order valence-corrected chi connectivity index (χ2v) is 5.23. The van der Waals surface area contributed by atoms with Gasteiger partial charge in [0, 0.05) is 12.8 Å². The van der Waals surface area contributed by atoms with Gasteiger partial charge in [-0.05, 0) is 6.92 Å². The van der Waals surface area contributed by atoms with Crippen LogP contribution >= 0.6 is 0 Å². The summed E-state index contributed by atoms with van der Waals surface area (Å²) in [6.07, 6.45) is -11.5. The van der Waals surface area contributed by atoms with Crippen molar-refractivity contribution in [2.45, 2.75) is 55.6 Å². The molecule has 1 unspecified atom stereocenters. The summed E-state index contributed by atoms with van der Waals surface area (Å²) < 4.78 is 168. The van der Waals surface area contributed by atoms with Crippen LogP contribution in [0.15, 0.2) is 0 Å². The molecule has 0 aromatic carbocycles. The van der Waals surface area contributed by atoms with Gasteiger partial charge in [0.2, 0.25) is 0 Å². The molecule has 2 nitrogen and oxygen atoms in total. The Labute approximate surface area is 135 Å². The van der Waals surface area contributed by atoms with E-state index < -0.39 is 60.5 Å². The minimum absolute atomic E-state index is 0.285. The fraction of sp³-hybridized carbons (Fsp3) is 0.909. The quantitative estimate of drug-likeness (QED) is 0.547. The summed E-state index contributed by atoms with van der Waals surface area (Å²) in [6.45, 7) is -0.285. The Morgan fingerprint density at radius 2 is 1.12 bits per heavy atom. The van der Waals surface area contributed by atoms with E-state index in [9.17, 15) is 61.9 Å². The number of hydrogen-bond acceptors (Lipinski definition) is 1. The van der Waals surface area contributed by atoms with Crippen molar-refractivity contribution >= 4 is 5.97 Å². The van der Waals surface area contributed by atoms with Gasteiger partial charge in [-0.25, -0.2) is 0 Å². The molecule has 0 aliphatic carbocycles. The molecule has 0 aromatic rings. The molecule has 0 saturated carbocycles. The van der Waals surface area contributed by atoms with Gasteiger partial charge in [-0.3, -0.25) is 4.79 Å². The largest absolute Gasteiger partial charge is 0.481 e. The van der Waals surface area contributed by atoms with E-state index in [1.165, 1.54) is 0 Å². The van der Waals surface area contributed by atoms with E-state index in [-0.39, 0.29) is 6.92 Å². The molecule has 0 radical (unpaired) electrons. The van der Waals surface area contributed by atoms with Crippen molar-refractivity contribution in [1.82, 2.24) is 0 Å². The Kier molecular flexibility index (Phi) is 6.25. The molecule has 0 spiro atoms. The fourth-order valence-electron chi connectivity index (χ4n) is 1.52. The van der Waals surface area contributed by atoms with Crippen molar-refractivity contribution in [3.63, 3.8) is 0 Å². The highest BCUT2D eigenvalue weighted by molar-refractivity contribution is 5.71. The fourth-order valence-corrected chi connectivity index (χ4v) is 1.52. The maximum Gasteiger partial charge on any atom is 0.389 e. The van der Waals surface area contributed by atoms with E-state index in [2.05, 4.69) is 0 Å². The zero-order valence-electron chi connectivity index (χ0n) is 12.3. The van der Waals surface area contributed by atoms with Crippen LogP contribution in [0.3, 0.4) is 0 Å². The van der Waals surface area contributed by atoms with Crippen molar-refractivity contribution in [2.24, 2.45) is 5.92 Å². The summed E-state index contributed by atoms with van der Waals surface area (Å²) >= 11 is 0. The summed E-state index contributed by atoms with van der Waals surface area (Å²) in [5.74, 6) is -41.8. The first-order valence-corrected chi connectivity index (χ1v) is 6.25. The van der Waals surface area contributed by atoms with Crippen molar-refractivity contribution in [1.29, 1.82) is 0 Å². The summed E-state index contributed by atoms with van der Waals surface area (Å²) in [6, 6.07) is 0. The molecule has 156 valence electrons. The van der Waals surface area contributed by atoms with E-state index in [0.29, 0.717) is 0 Å². The third-order valence-corrected chi connectivity index (χ3v) is 3.30. The molecular weight excluding hydrogens is 411 g/mol. The van der Waals surface area contributed by atoms with Crippen LogP contribution in [0.4, 0.5) is 57.1 Å². The second-order valence-electron chi connectivity index (χ2n) is 5.23. The first kappa shape index (κ1) is 24.6. The normalized spacial score (nSPS) is 16.5. The molecule has 0 amide bonds. The Balaban J connectivity index is 6.05. The number of alkyl halides is 13. The van der Waals surface area contributed by atoms with Gasteiger partial charge in [0.1, 0.15) is 5.92 Å². The summed E-state index contributed by atoms with van der Waals surface area (Å²) in [4.78, 5) is 10.3. The molecular formula is C11H9F13O2. The Morgan fingerprint density at radius 3 is 1.42 bits per heavy atom. The SMILES string of the molecule is CC(C(=O)O)C(F)(F)C(F)(F)C(F)(F)C(F)(F)C(F)(F)CCC(F)(F)F. The van der Waals surface area contributed by atoms with Crippen molar-refractivity contribution in [3.05, 3.63) is 0 Å². The van der Waals surface area contributed by atoms with Gasteiger partial charge in [0.05, 0.1) is 0 Å². The zero-order valence-corrected chi connectivity index (χ0v) is 12.3. The Morgan fingerprint density at radius 1 is 0.731 bits per heavy atom. The minimum atomic E-state index is -7.59. The molecule has 0 aromatic heterocycles. The van der Waals surface area contributed by atoms with E-state index in [0.717, 1.165) is 0 Å². The van der Waals surface area contributed by atoms with Gasteiger partial charge in [-0.1, -0.05) is 0 Å². The van der Waals surface area contributed by atoms with E-state index in [4.69, 9.17) is 5.11 Å². The molecule has 0 saturated heterocycles. The van der Waals surface area contributed by atoms with Gasteiger partial charge in [-0.2, -0.15) is 57.1 Å². The smallest absolute Gasteiger partial charge is 0.389 e. The van der Waals surface area contributed by atoms with Crippen LogP contribution in [-0.4, -0.2) is 46.9 Å². The third-order valence-electron chi connectivity index (χ3n) is 3.30. The number of carbonyl (C=O) groups is 1. The predicted octanol–water partition coefficient (Wildman–Crippen LogP) is 5.23. The maximum atomic E-state index is 13.3. The van der Waals surface area contributed by atoms with Crippen LogP contribution in [0.1, 0.15) is 19.8 Å². The number of carboxylic acids is 1. The van der Waals surface area contributed by atoms with E-state index >= 15 is 0 Å². The second kappa shape index (κ2) is 6.62. The lowest BCUT2D eigenvalue weighted by Gasteiger charge is -2.40. The molecule has 1 atom stereocenters. The average molecular weight is 420 g/mol. The summed E-state index contributed by atoms with van der Waals surface area (Å²) in [5, 5.41) is 8.16. The van der Waals surface area contributed by atoms with Crippen molar-refractivity contribution in [2.75, 3.05) is 0 Å². The Bertz CT molecular complexity index is 523. The standard InChI is InChI=1S/C11H9F13O2/c1-4(5(25)26)8(17,18)10(21,22)11(23,24)9(19,20)6(12,13)2-3-7(14,15)16/h4H,2-3H2,1H3,(H,25,26). The highest BCUT2D eigenvalue weighted by Gasteiger charge is 2.86. The lowest BCUT2D eigenvalue weighted by atomic mass is 9.87.